The number of benzene rings is 1. The molecule has 1 fully saturated rings. The summed E-state index contributed by atoms with van der Waals surface area (Å²) in [7, 11) is 0. The molecule has 1 aliphatic heterocycles. The Labute approximate surface area is 218 Å². The number of unbranched alkanes of at least 4 members (excludes halogenated alkanes) is 1. The van der Waals surface area contributed by atoms with Crippen LogP contribution in [-0.2, 0) is 25.6 Å². The summed E-state index contributed by atoms with van der Waals surface area (Å²) in [6.45, 7) is 4.42. The van der Waals surface area contributed by atoms with E-state index in [1.54, 1.807) is 13.8 Å². The van der Waals surface area contributed by atoms with Gasteiger partial charge in [0.05, 0.1) is 6.04 Å². The van der Waals surface area contributed by atoms with Gasteiger partial charge in [-0.1, -0.05) is 50.6 Å². The Morgan fingerprint density at radius 1 is 1.00 bits per heavy atom. The minimum atomic E-state index is -1.02. The van der Waals surface area contributed by atoms with Gasteiger partial charge in [0.15, 0.2) is 0 Å². The van der Waals surface area contributed by atoms with Crippen molar-refractivity contribution in [2.75, 3.05) is 13.1 Å². The molecule has 0 saturated carbocycles. The van der Waals surface area contributed by atoms with Crippen molar-refractivity contribution in [3.8, 4) is 0 Å². The summed E-state index contributed by atoms with van der Waals surface area (Å²) in [5.41, 5.74) is 11.7. The minimum absolute atomic E-state index is 0.0208. The van der Waals surface area contributed by atoms with Gasteiger partial charge < -0.3 is 31.7 Å². The van der Waals surface area contributed by atoms with E-state index in [9.17, 15) is 29.4 Å². The maximum atomic E-state index is 13.1. The molecule has 1 aliphatic rings. The lowest BCUT2D eigenvalue weighted by atomic mass is 10.0. The molecule has 1 aromatic rings. The van der Waals surface area contributed by atoms with Crippen molar-refractivity contribution in [2.24, 2.45) is 17.4 Å². The summed E-state index contributed by atoms with van der Waals surface area (Å²) < 4.78 is 0. The average molecular weight is 523 g/mol. The van der Waals surface area contributed by atoms with E-state index in [1.807, 2.05) is 30.3 Å². The fourth-order valence-electron chi connectivity index (χ4n) is 4.02. The number of rotatable bonds is 14. The third-order valence-electron chi connectivity index (χ3n) is 6.33. The second-order valence-corrected chi connectivity index (χ2v) is 9.55. The second kappa shape index (κ2) is 16.7. The second-order valence-electron chi connectivity index (χ2n) is 9.55. The van der Waals surface area contributed by atoms with E-state index in [0.717, 1.165) is 12.0 Å². The number of nitrogens with zero attached hydrogens (tertiary/aromatic N) is 1. The molecule has 8 N–H and O–H groups in total. The van der Waals surface area contributed by atoms with Crippen molar-refractivity contribution in [1.82, 2.24) is 10.2 Å². The molecular weight excluding hydrogens is 480 g/mol. The number of carbonyl (C=O) groups excluding carboxylic acids is 1. The zero-order valence-corrected chi connectivity index (χ0v) is 21.7. The molecule has 0 aliphatic carbocycles. The predicted octanol–water partition coefficient (Wildman–Crippen LogP) is 1.29. The first kappa shape index (κ1) is 32.0. The minimum Gasteiger partial charge on any atom is -0.480 e. The van der Waals surface area contributed by atoms with Gasteiger partial charge in [0.2, 0.25) is 5.91 Å². The van der Waals surface area contributed by atoms with Crippen LogP contribution >= 0.6 is 0 Å². The van der Waals surface area contributed by atoms with Crippen molar-refractivity contribution < 1.29 is 34.5 Å². The number of nitrogens with two attached hydrogens (primary N) is 2. The number of carboxylic acid groups (broad SMARTS) is 3. The Bertz CT molecular complexity index is 866. The number of nitrogens with one attached hydrogen (secondary N) is 1. The van der Waals surface area contributed by atoms with E-state index < -0.39 is 42.1 Å². The number of hydrogen-bond donors (Lipinski definition) is 6. The molecule has 208 valence electrons. The molecule has 1 aromatic carbocycles. The quantitative estimate of drug-likeness (QED) is 0.194. The summed E-state index contributed by atoms with van der Waals surface area (Å²) in [6, 6.07) is 6.39. The van der Waals surface area contributed by atoms with Crippen molar-refractivity contribution >= 4 is 23.8 Å². The maximum absolute atomic E-state index is 13.1. The van der Waals surface area contributed by atoms with Gasteiger partial charge in [-0.05, 0) is 56.6 Å². The van der Waals surface area contributed by atoms with Crippen LogP contribution in [0.4, 0.5) is 0 Å². The monoisotopic (exact) mass is 522 g/mol. The van der Waals surface area contributed by atoms with Crippen LogP contribution in [0.15, 0.2) is 30.3 Å². The van der Waals surface area contributed by atoms with E-state index in [1.165, 1.54) is 4.90 Å². The number of carboxylic acids is 3. The van der Waals surface area contributed by atoms with E-state index in [0.29, 0.717) is 51.6 Å². The maximum Gasteiger partial charge on any atom is 0.326 e. The third-order valence-corrected chi connectivity index (χ3v) is 6.33. The van der Waals surface area contributed by atoms with Gasteiger partial charge in [0, 0.05) is 6.54 Å². The van der Waals surface area contributed by atoms with Crippen LogP contribution < -0.4 is 16.8 Å². The van der Waals surface area contributed by atoms with Crippen molar-refractivity contribution in [3.63, 3.8) is 0 Å². The molecule has 4 atom stereocenters. The number of hydrogen-bond acceptors (Lipinski definition) is 7. The van der Waals surface area contributed by atoms with Crippen LogP contribution in [0.5, 0.6) is 0 Å². The number of aliphatic carboxylic acids is 3. The summed E-state index contributed by atoms with van der Waals surface area (Å²) in [5, 5.41) is 30.3. The number of carbonyl (C=O) groups is 4. The lowest BCUT2D eigenvalue weighted by Gasteiger charge is -2.29. The van der Waals surface area contributed by atoms with Gasteiger partial charge in [0.1, 0.15) is 18.1 Å². The summed E-state index contributed by atoms with van der Waals surface area (Å²) in [6.07, 6.45) is 3.76. The first-order valence-corrected chi connectivity index (χ1v) is 12.7. The fourth-order valence-corrected chi connectivity index (χ4v) is 4.02. The number of likely N-dealkylation sites (tertiary alicyclic amines) is 1. The molecule has 11 heteroatoms. The van der Waals surface area contributed by atoms with Gasteiger partial charge >= 0.3 is 17.9 Å². The Balaban J connectivity index is 0.000000738. The Morgan fingerprint density at radius 2 is 1.65 bits per heavy atom. The van der Waals surface area contributed by atoms with Crippen molar-refractivity contribution in [2.45, 2.75) is 83.0 Å². The van der Waals surface area contributed by atoms with Crippen LogP contribution in [0.1, 0.15) is 57.9 Å². The topological polar surface area (TPSA) is 196 Å². The van der Waals surface area contributed by atoms with Gasteiger partial charge in [-0.3, -0.25) is 19.7 Å². The lowest BCUT2D eigenvalue weighted by molar-refractivity contribution is -0.149. The van der Waals surface area contributed by atoms with Crippen LogP contribution in [0, 0.1) is 5.92 Å². The molecular formula is C26H42N4O7. The summed E-state index contributed by atoms with van der Waals surface area (Å²) in [5.74, 6) is -3.28. The highest BCUT2D eigenvalue weighted by Crippen LogP contribution is 2.20. The van der Waals surface area contributed by atoms with E-state index in [-0.39, 0.29) is 11.8 Å². The van der Waals surface area contributed by atoms with E-state index >= 15 is 0 Å². The number of amides is 1. The highest BCUT2D eigenvalue weighted by Gasteiger charge is 2.38. The van der Waals surface area contributed by atoms with Gasteiger partial charge in [0.25, 0.3) is 0 Å². The molecule has 0 unspecified atom stereocenters. The van der Waals surface area contributed by atoms with Crippen molar-refractivity contribution in [1.29, 1.82) is 0 Å². The third kappa shape index (κ3) is 11.3. The highest BCUT2D eigenvalue weighted by atomic mass is 16.4. The molecule has 37 heavy (non-hydrogen) atoms. The smallest absolute Gasteiger partial charge is 0.326 e. The summed E-state index contributed by atoms with van der Waals surface area (Å²) in [4.78, 5) is 47.7. The molecule has 2 rings (SSSR count). The zero-order chi connectivity index (χ0) is 28.0. The average Bonchev–Trinajstić information content (AvgIpc) is 3.36. The van der Waals surface area contributed by atoms with Gasteiger partial charge in [-0.25, -0.2) is 4.79 Å². The number of aryl methyl sites for hydroxylation is 1. The lowest BCUT2D eigenvalue weighted by Crippen LogP contribution is -2.54. The molecule has 1 amide bonds. The molecule has 1 heterocycles. The summed E-state index contributed by atoms with van der Waals surface area (Å²) >= 11 is 0. The normalized spacial score (nSPS) is 17.4. The zero-order valence-electron chi connectivity index (χ0n) is 21.7. The Kier molecular flexibility index (Phi) is 14.4. The Hall–Kier alpha value is -3.02. The standard InChI is InChI=1S/C21H31N3O5.C5H11NO2/c22-13-5-4-9-16(19(25)24-14-6-10-18(24)21(28)29)23-17(20(26)27)12-11-15-7-2-1-3-8-15;1-3(2)4(6)5(7)8/h1-3,7-8,16-18,23H,4-6,9-14,22H2,(H,26,27)(H,28,29);3-4H,6H2,1-2H3,(H,7,8)/t16-,17-,18-;4-/m00/s1. The van der Waals surface area contributed by atoms with E-state index in [4.69, 9.17) is 16.6 Å². The fraction of sp³-hybridized carbons (Fsp3) is 0.615. The molecule has 11 nitrogen and oxygen atoms in total. The van der Waals surface area contributed by atoms with Crippen LogP contribution in [-0.4, -0.2) is 81.3 Å². The van der Waals surface area contributed by atoms with Gasteiger partial charge in [-0.15, -0.1) is 0 Å². The first-order chi connectivity index (χ1) is 17.5. The van der Waals surface area contributed by atoms with Crippen LogP contribution in [0.25, 0.3) is 0 Å². The molecule has 0 radical (unpaired) electrons. The first-order valence-electron chi connectivity index (χ1n) is 12.7. The van der Waals surface area contributed by atoms with Crippen LogP contribution in [0.3, 0.4) is 0 Å². The molecule has 1 saturated heterocycles. The molecule has 0 aromatic heterocycles. The molecule has 0 spiro atoms. The van der Waals surface area contributed by atoms with Crippen molar-refractivity contribution in [3.05, 3.63) is 35.9 Å². The van der Waals surface area contributed by atoms with Gasteiger partial charge in [-0.2, -0.15) is 0 Å². The highest BCUT2D eigenvalue weighted by molar-refractivity contribution is 5.88. The SMILES string of the molecule is CC(C)[C@H](N)C(=O)O.NCCCC[C@H](N[C@@H](CCc1ccccc1)C(=O)O)C(=O)N1CCC[C@H]1C(=O)O. The van der Waals surface area contributed by atoms with E-state index in [2.05, 4.69) is 5.32 Å². The van der Waals surface area contributed by atoms with Crippen LogP contribution in [0.2, 0.25) is 0 Å². The largest absolute Gasteiger partial charge is 0.480 e. The predicted molar refractivity (Wildman–Crippen MR) is 139 cm³/mol. The molecule has 0 bridgehead atoms. The Morgan fingerprint density at radius 3 is 2.14 bits per heavy atom.